The van der Waals surface area contributed by atoms with Gasteiger partial charge in [0.05, 0.1) is 5.01 Å². The van der Waals surface area contributed by atoms with Crippen LogP contribution in [0.2, 0.25) is 0 Å². The molecule has 2 heterocycles. The highest BCUT2D eigenvalue weighted by Crippen LogP contribution is 2.17. The Bertz CT molecular complexity index is 464. The Morgan fingerprint density at radius 2 is 2.13 bits per heavy atom. The molecule has 1 saturated heterocycles. The van der Waals surface area contributed by atoms with Crippen molar-refractivity contribution in [3.8, 4) is 0 Å². The highest BCUT2D eigenvalue weighted by Gasteiger charge is 2.21. The second-order valence-corrected chi connectivity index (χ2v) is 6.89. The molecule has 134 valence electrons. The van der Waals surface area contributed by atoms with Gasteiger partial charge in [-0.3, -0.25) is 9.69 Å². The van der Waals surface area contributed by atoms with Crippen molar-refractivity contribution < 1.29 is 4.79 Å². The zero-order chi connectivity index (χ0) is 15.2. The number of nitrogens with zero attached hydrogens (tertiary/aromatic N) is 2. The molecule has 1 unspecified atom stereocenters. The molecule has 1 amide bonds. The highest BCUT2D eigenvalue weighted by molar-refractivity contribution is 7.09. The fourth-order valence-electron chi connectivity index (χ4n) is 2.58. The number of aromatic nitrogens is 1. The number of hydrogen-bond acceptors (Lipinski definition) is 5. The minimum Gasteiger partial charge on any atom is -0.349 e. The van der Waals surface area contributed by atoms with Crippen LogP contribution in [0.5, 0.6) is 0 Å². The number of piperidine rings is 1. The van der Waals surface area contributed by atoms with Crippen molar-refractivity contribution in [2.24, 2.45) is 11.7 Å². The number of rotatable bonds is 6. The van der Waals surface area contributed by atoms with Crippen molar-refractivity contribution >= 4 is 42.1 Å². The summed E-state index contributed by atoms with van der Waals surface area (Å²) in [7, 11) is 0. The zero-order valence-electron chi connectivity index (χ0n) is 13.8. The maximum absolute atomic E-state index is 12.1. The average Bonchev–Trinajstić information content (AvgIpc) is 2.94. The first-order valence-electron chi connectivity index (χ1n) is 7.77. The fraction of sp³-hybridized carbons (Fsp3) is 0.733. The Morgan fingerprint density at radius 1 is 1.48 bits per heavy atom. The first-order chi connectivity index (χ1) is 10.1. The molecule has 0 spiro atoms. The largest absolute Gasteiger partial charge is 0.349 e. The monoisotopic (exact) mass is 382 g/mol. The smallest absolute Gasteiger partial charge is 0.270 e. The Morgan fingerprint density at radius 3 is 2.74 bits per heavy atom. The van der Waals surface area contributed by atoms with E-state index in [-0.39, 0.29) is 30.7 Å². The van der Waals surface area contributed by atoms with Gasteiger partial charge >= 0.3 is 0 Å². The molecule has 1 fully saturated rings. The quantitative estimate of drug-likeness (QED) is 0.791. The fourth-order valence-corrected chi connectivity index (χ4v) is 3.38. The lowest BCUT2D eigenvalue weighted by atomic mass is 9.98. The summed E-state index contributed by atoms with van der Waals surface area (Å²) in [4.78, 5) is 18.9. The SMILES string of the molecule is CC1CCN(C(C)CNC(=O)c2csc(CCN)n2)CC1.Cl.Cl. The third-order valence-electron chi connectivity index (χ3n) is 4.14. The van der Waals surface area contributed by atoms with Gasteiger partial charge in [-0.1, -0.05) is 6.92 Å². The van der Waals surface area contributed by atoms with E-state index in [1.54, 1.807) is 0 Å². The Kier molecular flexibility index (Phi) is 11.0. The maximum Gasteiger partial charge on any atom is 0.270 e. The molecule has 1 aromatic rings. The summed E-state index contributed by atoms with van der Waals surface area (Å²) < 4.78 is 0. The minimum atomic E-state index is -0.0771. The normalized spacial score (nSPS) is 17.0. The summed E-state index contributed by atoms with van der Waals surface area (Å²) in [6, 6.07) is 0.378. The first kappa shape index (κ1) is 22.6. The van der Waals surface area contributed by atoms with Gasteiger partial charge in [0.1, 0.15) is 5.69 Å². The topological polar surface area (TPSA) is 71.2 Å². The van der Waals surface area contributed by atoms with Crippen LogP contribution in [0.4, 0.5) is 0 Å². The number of carbonyl (C=O) groups excluding carboxylic acids is 1. The van der Waals surface area contributed by atoms with Gasteiger partial charge < -0.3 is 11.1 Å². The minimum absolute atomic E-state index is 0. The average molecular weight is 383 g/mol. The number of nitrogens with two attached hydrogens (primary N) is 1. The van der Waals surface area contributed by atoms with Gasteiger partial charge in [0.25, 0.3) is 5.91 Å². The zero-order valence-corrected chi connectivity index (χ0v) is 16.2. The number of thiazole rings is 1. The van der Waals surface area contributed by atoms with Gasteiger partial charge in [0, 0.05) is 24.4 Å². The van der Waals surface area contributed by atoms with Crippen LogP contribution < -0.4 is 11.1 Å². The van der Waals surface area contributed by atoms with Crippen molar-refractivity contribution in [3.05, 3.63) is 16.1 Å². The van der Waals surface area contributed by atoms with Gasteiger partial charge in [-0.15, -0.1) is 36.2 Å². The Labute approximate surface area is 155 Å². The lowest BCUT2D eigenvalue weighted by molar-refractivity contribution is 0.0917. The number of amides is 1. The molecule has 23 heavy (non-hydrogen) atoms. The van der Waals surface area contributed by atoms with E-state index >= 15 is 0 Å². The van der Waals surface area contributed by atoms with Gasteiger partial charge in [-0.05, 0) is 45.3 Å². The molecule has 3 N–H and O–H groups in total. The molecule has 1 atom stereocenters. The lowest BCUT2D eigenvalue weighted by Crippen LogP contribution is -2.45. The van der Waals surface area contributed by atoms with Gasteiger partial charge in [-0.25, -0.2) is 4.98 Å². The molecule has 1 aromatic heterocycles. The van der Waals surface area contributed by atoms with Gasteiger partial charge in [0.15, 0.2) is 0 Å². The van der Waals surface area contributed by atoms with E-state index in [4.69, 9.17) is 5.73 Å². The predicted molar refractivity (Wildman–Crippen MR) is 101 cm³/mol. The van der Waals surface area contributed by atoms with Gasteiger partial charge in [0.2, 0.25) is 0 Å². The van der Waals surface area contributed by atoms with E-state index in [1.807, 2.05) is 5.38 Å². The number of halogens is 2. The van der Waals surface area contributed by atoms with Crippen LogP contribution in [0.15, 0.2) is 5.38 Å². The van der Waals surface area contributed by atoms with E-state index < -0.39 is 0 Å². The Balaban J connectivity index is 0.00000242. The number of carbonyl (C=O) groups is 1. The van der Waals surface area contributed by atoms with Crippen molar-refractivity contribution in [2.45, 2.75) is 39.2 Å². The van der Waals surface area contributed by atoms with E-state index in [0.717, 1.165) is 30.4 Å². The van der Waals surface area contributed by atoms with Crippen LogP contribution in [0.1, 0.15) is 42.2 Å². The first-order valence-corrected chi connectivity index (χ1v) is 8.64. The standard InChI is InChI=1S/C15H26N4OS.2ClH/c1-11-4-7-19(8-5-11)12(2)9-17-15(20)13-10-21-14(18-13)3-6-16;;/h10-12H,3-9,16H2,1-2H3,(H,17,20);2*1H. The van der Waals surface area contributed by atoms with Crippen molar-refractivity contribution in [2.75, 3.05) is 26.2 Å². The molecule has 1 aliphatic heterocycles. The van der Waals surface area contributed by atoms with Crippen molar-refractivity contribution in [3.63, 3.8) is 0 Å². The van der Waals surface area contributed by atoms with Gasteiger partial charge in [-0.2, -0.15) is 0 Å². The number of likely N-dealkylation sites (tertiary alicyclic amines) is 1. The molecule has 0 aliphatic carbocycles. The molecule has 0 saturated carbocycles. The third-order valence-corrected chi connectivity index (χ3v) is 5.05. The summed E-state index contributed by atoms with van der Waals surface area (Å²) in [5, 5.41) is 5.74. The van der Waals surface area contributed by atoms with Crippen LogP contribution in [0, 0.1) is 5.92 Å². The Hall–Kier alpha value is -0.400. The molecule has 0 radical (unpaired) electrons. The number of hydrogen-bond donors (Lipinski definition) is 2. The van der Waals surface area contributed by atoms with E-state index in [2.05, 4.69) is 29.0 Å². The van der Waals surface area contributed by atoms with Crippen molar-refractivity contribution in [1.29, 1.82) is 0 Å². The summed E-state index contributed by atoms with van der Waals surface area (Å²) in [5.41, 5.74) is 6.01. The molecule has 2 rings (SSSR count). The van der Waals surface area contributed by atoms with Crippen molar-refractivity contribution in [1.82, 2.24) is 15.2 Å². The molecule has 0 aromatic carbocycles. The molecular weight excluding hydrogens is 355 g/mol. The third kappa shape index (κ3) is 6.93. The second-order valence-electron chi connectivity index (χ2n) is 5.94. The predicted octanol–water partition coefficient (Wildman–Crippen LogP) is 2.34. The second kappa shape index (κ2) is 11.2. The molecule has 5 nitrogen and oxygen atoms in total. The highest BCUT2D eigenvalue weighted by atomic mass is 35.5. The molecule has 8 heteroatoms. The van der Waals surface area contributed by atoms with Crippen LogP contribution in [0.25, 0.3) is 0 Å². The summed E-state index contributed by atoms with van der Waals surface area (Å²) in [6.07, 6.45) is 3.25. The van der Waals surface area contributed by atoms with Crippen LogP contribution in [-0.2, 0) is 6.42 Å². The summed E-state index contributed by atoms with van der Waals surface area (Å²) in [6.45, 7) is 8.00. The molecule has 0 bridgehead atoms. The molecule has 1 aliphatic rings. The van der Waals surface area contributed by atoms with E-state index in [1.165, 1.54) is 24.2 Å². The number of nitrogens with one attached hydrogen (secondary N) is 1. The van der Waals surface area contributed by atoms with Crippen LogP contribution in [-0.4, -0.2) is 48.0 Å². The van der Waals surface area contributed by atoms with Crippen LogP contribution >= 0.6 is 36.2 Å². The summed E-state index contributed by atoms with van der Waals surface area (Å²) in [5.74, 6) is 0.755. The summed E-state index contributed by atoms with van der Waals surface area (Å²) >= 11 is 1.50. The van der Waals surface area contributed by atoms with Crippen LogP contribution in [0.3, 0.4) is 0 Å². The maximum atomic E-state index is 12.1. The lowest BCUT2D eigenvalue weighted by Gasteiger charge is -2.34. The molecular formula is C15H28Cl2N4OS. The van der Waals surface area contributed by atoms with E-state index in [0.29, 0.717) is 24.8 Å². The van der Waals surface area contributed by atoms with E-state index in [9.17, 15) is 4.79 Å².